The number of hydrogen-bond acceptors (Lipinski definition) is 5. The number of aromatic nitrogens is 3. The van der Waals surface area contributed by atoms with Crippen molar-refractivity contribution in [2.24, 2.45) is 0 Å². The van der Waals surface area contributed by atoms with E-state index in [9.17, 15) is 13.7 Å². The molecule has 0 spiro atoms. The summed E-state index contributed by atoms with van der Waals surface area (Å²) in [7, 11) is -5.11. The lowest BCUT2D eigenvalue weighted by atomic mass is 9.95. The van der Waals surface area contributed by atoms with E-state index in [1.807, 2.05) is 38.1 Å². The average molecular weight is 678 g/mol. The van der Waals surface area contributed by atoms with Gasteiger partial charge < -0.3 is 9.30 Å². The average Bonchev–Trinajstić information content (AvgIpc) is 3.49. The van der Waals surface area contributed by atoms with E-state index >= 15 is 0 Å². The van der Waals surface area contributed by atoms with Gasteiger partial charge in [0.25, 0.3) is 10.0 Å². The van der Waals surface area contributed by atoms with Gasteiger partial charge in [-0.2, -0.15) is 5.26 Å². The van der Waals surface area contributed by atoms with Crippen LogP contribution < -0.4 is 0 Å². The maximum Gasteiger partial charge on any atom is 0.268 e. The van der Waals surface area contributed by atoms with E-state index in [0.717, 1.165) is 57.0 Å². The summed E-state index contributed by atoms with van der Waals surface area (Å²) < 4.78 is 38.1. The molecular formula is C33H37BrN4O3SSi. The van der Waals surface area contributed by atoms with Crippen molar-refractivity contribution in [2.45, 2.75) is 70.9 Å². The Hall–Kier alpha value is -3.23. The molecule has 0 aliphatic rings. The molecule has 3 aromatic carbocycles. The molecule has 5 rings (SSSR count). The highest BCUT2D eigenvalue weighted by Crippen LogP contribution is 2.38. The van der Waals surface area contributed by atoms with Crippen LogP contribution in [0.5, 0.6) is 0 Å². The molecule has 0 N–H and O–H groups in total. The van der Waals surface area contributed by atoms with Gasteiger partial charge in [-0.25, -0.2) is 17.4 Å². The fraction of sp³-hybridized carbons (Fsp3) is 0.333. The van der Waals surface area contributed by atoms with E-state index < -0.39 is 18.1 Å². The molecule has 0 amide bonds. The van der Waals surface area contributed by atoms with Gasteiger partial charge in [0.05, 0.1) is 33.1 Å². The van der Waals surface area contributed by atoms with Crippen LogP contribution in [0.1, 0.15) is 40.6 Å². The minimum absolute atomic E-state index is 0.244. The lowest BCUT2D eigenvalue weighted by Crippen LogP contribution is -2.22. The van der Waals surface area contributed by atoms with Gasteiger partial charge in [0.1, 0.15) is 12.6 Å². The van der Waals surface area contributed by atoms with Crippen LogP contribution in [-0.2, 0) is 34.3 Å². The highest BCUT2D eigenvalue weighted by atomic mass is 79.9. The number of ether oxygens (including phenoxy) is 1. The first-order valence-corrected chi connectivity index (χ1v) is 20.4. The van der Waals surface area contributed by atoms with Crippen LogP contribution in [-0.4, -0.2) is 36.6 Å². The van der Waals surface area contributed by atoms with Gasteiger partial charge in [-0.15, -0.1) is 0 Å². The Balaban J connectivity index is 1.66. The van der Waals surface area contributed by atoms with Gasteiger partial charge in [0.15, 0.2) is 0 Å². The number of fused-ring (bicyclic) bond motifs is 2. The SMILES string of the molecule is CCc1cc(C)c2c(c(Br)cn2S(=O)(=O)c2ccc(C)cc2)c1Cc1nc2ccc(C#N)cc2n1COCC[Si](C)(C)C. The quantitative estimate of drug-likeness (QED) is 0.111. The molecule has 7 nitrogen and oxygen atoms in total. The van der Waals surface area contributed by atoms with Gasteiger partial charge in [-0.05, 0) is 89.3 Å². The molecule has 0 saturated carbocycles. The summed E-state index contributed by atoms with van der Waals surface area (Å²) in [4.78, 5) is 5.24. The summed E-state index contributed by atoms with van der Waals surface area (Å²) in [5, 5.41) is 10.4. The van der Waals surface area contributed by atoms with E-state index in [1.54, 1.807) is 24.4 Å². The molecular weight excluding hydrogens is 640 g/mol. The highest BCUT2D eigenvalue weighted by molar-refractivity contribution is 9.10. The lowest BCUT2D eigenvalue weighted by molar-refractivity contribution is 0.0881. The van der Waals surface area contributed by atoms with E-state index in [1.165, 1.54) is 3.97 Å². The minimum Gasteiger partial charge on any atom is -0.361 e. The Labute approximate surface area is 263 Å². The molecule has 0 unspecified atom stereocenters. The number of nitriles is 1. The number of aryl methyl sites for hydroxylation is 3. The van der Waals surface area contributed by atoms with Crippen LogP contribution in [0.2, 0.25) is 25.7 Å². The molecule has 2 aromatic heterocycles. The van der Waals surface area contributed by atoms with Crippen molar-refractivity contribution in [3.8, 4) is 6.07 Å². The lowest BCUT2D eigenvalue weighted by Gasteiger charge is -2.17. The van der Waals surface area contributed by atoms with Crippen molar-refractivity contribution in [2.75, 3.05) is 6.61 Å². The van der Waals surface area contributed by atoms with Crippen molar-refractivity contribution in [1.82, 2.24) is 13.5 Å². The predicted octanol–water partition coefficient (Wildman–Crippen LogP) is 7.94. The Morgan fingerprint density at radius 1 is 1.07 bits per heavy atom. The maximum absolute atomic E-state index is 13.9. The number of hydrogen-bond donors (Lipinski definition) is 0. The first-order chi connectivity index (χ1) is 20.3. The molecule has 0 radical (unpaired) electrons. The Bertz CT molecular complexity index is 1980. The van der Waals surface area contributed by atoms with Crippen LogP contribution in [0.3, 0.4) is 0 Å². The number of nitrogens with zero attached hydrogens (tertiary/aromatic N) is 4. The maximum atomic E-state index is 13.9. The second-order valence-electron chi connectivity index (χ2n) is 12.3. The molecule has 224 valence electrons. The van der Waals surface area contributed by atoms with Crippen LogP contribution in [0.4, 0.5) is 0 Å². The zero-order valence-corrected chi connectivity index (χ0v) is 28.9. The van der Waals surface area contributed by atoms with E-state index in [-0.39, 0.29) is 4.90 Å². The van der Waals surface area contributed by atoms with Gasteiger partial charge >= 0.3 is 0 Å². The minimum atomic E-state index is -3.84. The molecule has 2 heterocycles. The summed E-state index contributed by atoms with van der Waals surface area (Å²) >= 11 is 3.73. The molecule has 0 bridgehead atoms. The summed E-state index contributed by atoms with van der Waals surface area (Å²) in [6.07, 6.45) is 2.92. The van der Waals surface area contributed by atoms with Crippen molar-refractivity contribution >= 4 is 56.0 Å². The molecule has 0 saturated heterocycles. The van der Waals surface area contributed by atoms with Gasteiger partial charge in [0, 0.05) is 37.2 Å². The summed E-state index contributed by atoms with van der Waals surface area (Å²) in [5.41, 5.74) is 6.90. The molecule has 0 aliphatic carbocycles. The Kier molecular flexibility index (Phi) is 8.74. The molecule has 10 heteroatoms. The first-order valence-electron chi connectivity index (χ1n) is 14.4. The summed E-state index contributed by atoms with van der Waals surface area (Å²) in [6, 6.07) is 17.8. The fourth-order valence-electron chi connectivity index (χ4n) is 5.43. The highest BCUT2D eigenvalue weighted by Gasteiger charge is 2.26. The fourth-order valence-corrected chi connectivity index (χ4v) is 8.39. The molecule has 0 aliphatic heterocycles. The number of halogens is 1. The molecule has 0 fully saturated rings. The molecule has 5 aromatic rings. The number of benzene rings is 3. The Morgan fingerprint density at radius 2 is 1.79 bits per heavy atom. The third kappa shape index (κ3) is 6.22. The zero-order valence-electron chi connectivity index (χ0n) is 25.5. The van der Waals surface area contributed by atoms with Crippen LogP contribution in [0.25, 0.3) is 21.9 Å². The normalized spacial score (nSPS) is 12.3. The van der Waals surface area contributed by atoms with Crippen LogP contribution in [0, 0.1) is 25.2 Å². The summed E-state index contributed by atoms with van der Waals surface area (Å²) in [6.45, 7) is 14.0. The van der Waals surface area contributed by atoms with E-state index in [2.05, 4.69) is 59.2 Å². The van der Waals surface area contributed by atoms with Crippen LogP contribution >= 0.6 is 15.9 Å². The van der Waals surface area contributed by atoms with Crippen molar-refractivity contribution < 1.29 is 13.2 Å². The van der Waals surface area contributed by atoms with Crippen molar-refractivity contribution in [3.63, 3.8) is 0 Å². The van der Waals surface area contributed by atoms with Gasteiger partial charge in [-0.3, -0.25) is 0 Å². The van der Waals surface area contributed by atoms with E-state index in [4.69, 9.17) is 9.72 Å². The summed E-state index contributed by atoms with van der Waals surface area (Å²) in [5.74, 6) is 0.805. The predicted molar refractivity (Wildman–Crippen MR) is 179 cm³/mol. The monoisotopic (exact) mass is 676 g/mol. The molecule has 43 heavy (non-hydrogen) atoms. The second kappa shape index (κ2) is 12.0. The van der Waals surface area contributed by atoms with Gasteiger partial charge in [0.2, 0.25) is 0 Å². The standard InChI is InChI=1S/C33H37BrN4O3SSi/c1-7-25-16-23(3)33-32(28(34)20-38(33)42(39,40)26-11-8-22(2)9-12-26)27(25)18-31-36-29-13-10-24(19-35)17-30(29)37(31)21-41-14-15-43(4,5)6/h8-13,16-17,20H,7,14-15,18,21H2,1-6H3. The first kappa shape index (κ1) is 31.2. The Morgan fingerprint density at radius 3 is 2.44 bits per heavy atom. The van der Waals surface area contributed by atoms with Crippen molar-refractivity contribution in [1.29, 1.82) is 5.26 Å². The molecule has 0 atom stereocenters. The largest absolute Gasteiger partial charge is 0.361 e. The number of imidazole rings is 1. The van der Waals surface area contributed by atoms with Crippen LogP contribution in [0.15, 0.2) is 64.1 Å². The number of rotatable bonds is 10. The van der Waals surface area contributed by atoms with Gasteiger partial charge in [-0.1, -0.05) is 50.3 Å². The zero-order chi connectivity index (χ0) is 31.1. The second-order valence-corrected chi connectivity index (χ2v) is 20.6. The smallest absolute Gasteiger partial charge is 0.268 e. The third-order valence-electron chi connectivity index (χ3n) is 7.85. The third-order valence-corrected chi connectivity index (χ3v) is 11.8. The topological polar surface area (TPSA) is 89.9 Å². The van der Waals surface area contributed by atoms with E-state index in [0.29, 0.717) is 35.3 Å². The van der Waals surface area contributed by atoms with Crippen molar-refractivity contribution in [3.05, 3.63) is 92.8 Å².